The molecule has 0 aliphatic carbocycles. The minimum absolute atomic E-state index is 0.671. The lowest BCUT2D eigenvalue weighted by Crippen LogP contribution is -2.12. The molecule has 0 saturated carbocycles. The predicted octanol–water partition coefficient (Wildman–Crippen LogP) is 2.27. The standard InChI is InChI=1S/C14H19N3O/c1-3-15-10-13-16-14(18-17-13)9-8-12-7-5-4-6-11(12)2/h4-7,15H,3,8-10H2,1-2H3. The highest BCUT2D eigenvalue weighted by atomic mass is 16.5. The molecule has 4 heteroatoms. The third-order valence-electron chi connectivity index (χ3n) is 2.91. The first-order valence-corrected chi connectivity index (χ1v) is 6.36. The van der Waals surface area contributed by atoms with E-state index in [9.17, 15) is 0 Å². The maximum Gasteiger partial charge on any atom is 0.227 e. The Morgan fingerprint density at radius 2 is 2.06 bits per heavy atom. The van der Waals surface area contributed by atoms with Gasteiger partial charge in [-0.05, 0) is 31.0 Å². The molecule has 1 heterocycles. The summed E-state index contributed by atoms with van der Waals surface area (Å²) < 4.78 is 5.22. The Hall–Kier alpha value is -1.68. The maximum absolute atomic E-state index is 5.22. The second-order valence-corrected chi connectivity index (χ2v) is 4.31. The van der Waals surface area contributed by atoms with E-state index >= 15 is 0 Å². The van der Waals surface area contributed by atoms with Gasteiger partial charge in [0, 0.05) is 6.42 Å². The van der Waals surface area contributed by atoms with Crippen molar-refractivity contribution in [2.24, 2.45) is 0 Å². The second-order valence-electron chi connectivity index (χ2n) is 4.31. The zero-order valence-electron chi connectivity index (χ0n) is 10.9. The molecule has 0 saturated heterocycles. The molecule has 18 heavy (non-hydrogen) atoms. The Bertz CT molecular complexity index is 493. The third-order valence-corrected chi connectivity index (χ3v) is 2.91. The van der Waals surface area contributed by atoms with Gasteiger partial charge in [0.1, 0.15) is 0 Å². The van der Waals surface area contributed by atoms with Gasteiger partial charge < -0.3 is 9.84 Å². The molecule has 0 aliphatic heterocycles. The summed E-state index contributed by atoms with van der Waals surface area (Å²) in [5, 5.41) is 7.12. The number of benzene rings is 1. The van der Waals surface area contributed by atoms with E-state index in [0.717, 1.165) is 25.2 Å². The molecule has 0 spiro atoms. The first-order chi connectivity index (χ1) is 8.79. The number of aryl methyl sites for hydroxylation is 3. The Kier molecular flexibility index (Phi) is 4.47. The number of nitrogens with one attached hydrogen (secondary N) is 1. The molecule has 2 aromatic rings. The van der Waals surface area contributed by atoms with Crippen LogP contribution in [0.4, 0.5) is 0 Å². The van der Waals surface area contributed by atoms with Gasteiger partial charge in [0.2, 0.25) is 5.89 Å². The lowest BCUT2D eigenvalue weighted by atomic mass is 10.0. The molecule has 0 amide bonds. The van der Waals surface area contributed by atoms with Crippen LogP contribution >= 0.6 is 0 Å². The summed E-state index contributed by atoms with van der Waals surface area (Å²) in [6.45, 7) is 5.76. The van der Waals surface area contributed by atoms with E-state index in [1.807, 2.05) is 0 Å². The topological polar surface area (TPSA) is 51.0 Å². The van der Waals surface area contributed by atoms with Crippen molar-refractivity contribution in [3.05, 3.63) is 47.1 Å². The average molecular weight is 245 g/mol. The van der Waals surface area contributed by atoms with E-state index in [4.69, 9.17) is 4.52 Å². The molecular weight excluding hydrogens is 226 g/mol. The van der Waals surface area contributed by atoms with Gasteiger partial charge in [0.15, 0.2) is 5.82 Å². The second kappa shape index (κ2) is 6.31. The highest BCUT2D eigenvalue weighted by molar-refractivity contribution is 5.25. The Labute approximate surface area is 107 Å². The van der Waals surface area contributed by atoms with Crippen LogP contribution in [0, 0.1) is 6.92 Å². The normalized spacial score (nSPS) is 10.8. The Morgan fingerprint density at radius 1 is 1.22 bits per heavy atom. The van der Waals surface area contributed by atoms with E-state index in [1.165, 1.54) is 11.1 Å². The van der Waals surface area contributed by atoms with E-state index in [-0.39, 0.29) is 0 Å². The molecule has 0 fully saturated rings. The van der Waals surface area contributed by atoms with Crippen molar-refractivity contribution in [3.8, 4) is 0 Å². The SMILES string of the molecule is CCNCc1noc(CCc2ccccc2C)n1. The van der Waals surface area contributed by atoms with Gasteiger partial charge >= 0.3 is 0 Å². The van der Waals surface area contributed by atoms with Crippen LogP contribution in [0.1, 0.15) is 29.8 Å². The van der Waals surface area contributed by atoms with Gasteiger partial charge in [-0.3, -0.25) is 0 Å². The first-order valence-electron chi connectivity index (χ1n) is 6.36. The molecule has 1 N–H and O–H groups in total. The summed E-state index contributed by atoms with van der Waals surface area (Å²) in [7, 11) is 0. The monoisotopic (exact) mass is 245 g/mol. The van der Waals surface area contributed by atoms with Crippen molar-refractivity contribution < 1.29 is 4.52 Å². The van der Waals surface area contributed by atoms with Crippen LogP contribution in [0.3, 0.4) is 0 Å². The van der Waals surface area contributed by atoms with Crippen LogP contribution in [0.25, 0.3) is 0 Å². The summed E-state index contributed by atoms with van der Waals surface area (Å²) in [5.41, 5.74) is 2.65. The molecule has 0 atom stereocenters. The number of hydrogen-bond acceptors (Lipinski definition) is 4. The Morgan fingerprint density at radius 3 is 2.83 bits per heavy atom. The molecule has 0 unspecified atom stereocenters. The molecule has 96 valence electrons. The van der Waals surface area contributed by atoms with Crippen molar-refractivity contribution in [1.29, 1.82) is 0 Å². The van der Waals surface area contributed by atoms with Crippen LogP contribution in [0.2, 0.25) is 0 Å². The fraction of sp³-hybridized carbons (Fsp3) is 0.429. The molecule has 0 radical (unpaired) electrons. The van der Waals surface area contributed by atoms with E-state index in [1.54, 1.807) is 0 Å². The van der Waals surface area contributed by atoms with E-state index in [2.05, 4.69) is 53.6 Å². The van der Waals surface area contributed by atoms with Gasteiger partial charge in [0.05, 0.1) is 6.54 Å². The summed E-state index contributed by atoms with van der Waals surface area (Å²) in [5.74, 6) is 1.45. The summed E-state index contributed by atoms with van der Waals surface area (Å²) in [6, 6.07) is 8.39. The number of nitrogens with zero attached hydrogens (tertiary/aromatic N) is 2. The molecular formula is C14H19N3O. The van der Waals surface area contributed by atoms with Crippen LogP contribution in [-0.4, -0.2) is 16.7 Å². The fourth-order valence-electron chi connectivity index (χ4n) is 1.83. The van der Waals surface area contributed by atoms with Crippen molar-refractivity contribution in [2.75, 3.05) is 6.54 Å². The summed E-state index contributed by atoms with van der Waals surface area (Å²) in [6.07, 6.45) is 1.74. The highest BCUT2D eigenvalue weighted by Gasteiger charge is 2.06. The molecule has 1 aromatic heterocycles. The van der Waals surface area contributed by atoms with Gasteiger partial charge in [-0.25, -0.2) is 0 Å². The minimum atomic E-state index is 0.671. The van der Waals surface area contributed by atoms with Crippen molar-refractivity contribution in [2.45, 2.75) is 33.2 Å². The van der Waals surface area contributed by atoms with Gasteiger partial charge in [-0.1, -0.05) is 36.3 Å². The fourth-order valence-corrected chi connectivity index (χ4v) is 1.83. The number of aromatic nitrogens is 2. The maximum atomic E-state index is 5.22. The van der Waals surface area contributed by atoms with Crippen molar-refractivity contribution in [3.63, 3.8) is 0 Å². The summed E-state index contributed by atoms with van der Waals surface area (Å²) in [4.78, 5) is 4.35. The van der Waals surface area contributed by atoms with Gasteiger partial charge in [-0.2, -0.15) is 4.98 Å². The largest absolute Gasteiger partial charge is 0.339 e. The smallest absolute Gasteiger partial charge is 0.227 e. The first kappa shape index (κ1) is 12.8. The molecule has 4 nitrogen and oxygen atoms in total. The third kappa shape index (κ3) is 3.40. The van der Waals surface area contributed by atoms with E-state index < -0.39 is 0 Å². The lowest BCUT2D eigenvalue weighted by molar-refractivity contribution is 0.371. The predicted molar refractivity (Wildman–Crippen MR) is 70.3 cm³/mol. The average Bonchev–Trinajstić information content (AvgIpc) is 2.83. The quantitative estimate of drug-likeness (QED) is 0.848. The van der Waals surface area contributed by atoms with Gasteiger partial charge in [-0.15, -0.1) is 0 Å². The van der Waals surface area contributed by atoms with Crippen molar-refractivity contribution in [1.82, 2.24) is 15.5 Å². The van der Waals surface area contributed by atoms with Crippen LogP contribution in [0.15, 0.2) is 28.8 Å². The number of rotatable bonds is 6. The highest BCUT2D eigenvalue weighted by Crippen LogP contribution is 2.10. The van der Waals surface area contributed by atoms with Crippen LogP contribution in [-0.2, 0) is 19.4 Å². The van der Waals surface area contributed by atoms with Gasteiger partial charge in [0.25, 0.3) is 0 Å². The Balaban J connectivity index is 1.90. The zero-order valence-corrected chi connectivity index (χ0v) is 10.9. The zero-order chi connectivity index (χ0) is 12.8. The lowest BCUT2D eigenvalue weighted by Gasteiger charge is -2.02. The van der Waals surface area contributed by atoms with Crippen LogP contribution in [0.5, 0.6) is 0 Å². The van der Waals surface area contributed by atoms with Crippen molar-refractivity contribution >= 4 is 0 Å². The summed E-state index contributed by atoms with van der Waals surface area (Å²) >= 11 is 0. The molecule has 0 aliphatic rings. The number of hydrogen-bond donors (Lipinski definition) is 1. The molecule has 2 rings (SSSR count). The molecule has 0 bridgehead atoms. The van der Waals surface area contributed by atoms with Crippen LogP contribution < -0.4 is 5.32 Å². The van der Waals surface area contributed by atoms with E-state index in [0.29, 0.717) is 12.4 Å². The molecule has 1 aromatic carbocycles. The minimum Gasteiger partial charge on any atom is -0.339 e.